The molecule has 0 aromatic heterocycles. The number of benzene rings is 1. The highest BCUT2D eigenvalue weighted by atomic mass is 16.5. The van der Waals surface area contributed by atoms with Crippen molar-refractivity contribution >= 4 is 11.7 Å². The number of hydrogen-bond donors (Lipinski definition) is 3. The number of methoxy groups -OCH3 is 1. The van der Waals surface area contributed by atoms with E-state index in [0.29, 0.717) is 13.2 Å². The first-order valence-electron chi connectivity index (χ1n) is 7.05. The van der Waals surface area contributed by atoms with Crippen molar-refractivity contribution < 1.29 is 14.6 Å². The Balaban J connectivity index is 2.71. The SMILES string of the molecule is CNC(C)c1cccc(NC(=O)N(CCO)CCOC)c1. The molecule has 0 saturated heterocycles. The number of aliphatic hydroxyl groups excluding tert-OH is 1. The zero-order valence-electron chi connectivity index (χ0n) is 12.9. The van der Waals surface area contributed by atoms with E-state index >= 15 is 0 Å². The van der Waals surface area contributed by atoms with Gasteiger partial charge in [0.05, 0.1) is 13.2 Å². The molecule has 0 spiro atoms. The Bertz CT molecular complexity index is 440. The Morgan fingerprint density at radius 3 is 2.81 bits per heavy atom. The standard InChI is InChI=1S/C15H25N3O3/c1-12(16-2)13-5-4-6-14(11-13)17-15(20)18(7-9-19)8-10-21-3/h4-6,11-12,16,19H,7-10H2,1-3H3,(H,17,20). The number of urea groups is 1. The van der Waals surface area contributed by atoms with Gasteiger partial charge in [-0.05, 0) is 31.7 Å². The lowest BCUT2D eigenvalue weighted by atomic mass is 10.1. The van der Waals surface area contributed by atoms with E-state index in [-0.39, 0.29) is 25.2 Å². The molecule has 2 amide bonds. The lowest BCUT2D eigenvalue weighted by Crippen LogP contribution is -2.39. The fourth-order valence-corrected chi connectivity index (χ4v) is 1.89. The maximum Gasteiger partial charge on any atom is 0.321 e. The van der Waals surface area contributed by atoms with Crippen LogP contribution in [-0.2, 0) is 4.74 Å². The largest absolute Gasteiger partial charge is 0.395 e. The van der Waals surface area contributed by atoms with Crippen molar-refractivity contribution in [1.29, 1.82) is 0 Å². The van der Waals surface area contributed by atoms with E-state index < -0.39 is 0 Å². The maximum absolute atomic E-state index is 12.2. The average molecular weight is 295 g/mol. The van der Waals surface area contributed by atoms with Crippen LogP contribution in [0.25, 0.3) is 0 Å². The number of nitrogens with zero attached hydrogens (tertiary/aromatic N) is 1. The summed E-state index contributed by atoms with van der Waals surface area (Å²) in [5, 5.41) is 15.0. The van der Waals surface area contributed by atoms with Gasteiger partial charge in [0.25, 0.3) is 0 Å². The van der Waals surface area contributed by atoms with Gasteiger partial charge in [0.1, 0.15) is 0 Å². The molecular formula is C15H25N3O3. The van der Waals surface area contributed by atoms with Gasteiger partial charge in [0, 0.05) is 31.9 Å². The molecule has 21 heavy (non-hydrogen) atoms. The summed E-state index contributed by atoms with van der Waals surface area (Å²) in [5.74, 6) is 0. The van der Waals surface area contributed by atoms with E-state index in [4.69, 9.17) is 9.84 Å². The van der Waals surface area contributed by atoms with Gasteiger partial charge >= 0.3 is 6.03 Å². The van der Waals surface area contributed by atoms with Gasteiger partial charge < -0.3 is 25.4 Å². The highest BCUT2D eigenvalue weighted by Crippen LogP contribution is 2.17. The zero-order chi connectivity index (χ0) is 15.7. The highest BCUT2D eigenvalue weighted by Gasteiger charge is 2.13. The van der Waals surface area contributed by atoms with E-state index in [2.05, 4.69) is 17.6 Å². The van der Waals surface area contributed by atoms with Crippen LogP contribution in [0.15, 0.2) is 24.3 Å². The molecule has 0 aliphatic rings. The normalized spacial score (nSPS) is 12.0. The fraction of sp³-hybridized carbons (Fsp3) is 0.533. The van der Waals surface area contributed by atoms with Crippen LogP contribution >= 0.6 is 0 Å². The highest BCUT2D eigenvalue weighted by molar-refractivity contribution is 5.89. The van der Waals surface area contributed by atoms with Gasteiger partial charge in [-0.25, -0.2) is 4.79 Å². The average Bonchev–Trinajstić information content (AvgIpc) is 2.50. The molecule has 0 bridgehead atoms. The third-order valence-electron chi connectivity index (χ3n) is 3.29. The number of amides is 2. The quantitative estimate of drug-likeness (QED) is 0.678. The fourth-order valence-electron chi connectivity index (χ4n) is 1.89. The lowest BCUT2D eigenvalue weighted by molar-refractivity contribution is 0.142. The Morgan fingerprint density at radius 2 is 2.19 bits per heavy atom. The summed E-state index contributed by atoms with van der Waals surface area (Å²) in [6.07, 6.45) is 0. The predicted molar refractivity (Wildman–Crippen MR) is 83.5 cm³/mol. The Hall–Kier alpha value is -1.63. The molecule has 0 heterocycles. The van der Waals surface area contributed by atoms with Crippen molar-refractivity contribution in [2.24, 2.45) is 0 Å². The topological polar surface area (TPSA) is 73.8 Å². The van der Waals surface area contributed by atoms with Gasteiger partial charge in [-0.2, -0.15) is 0 Å². The number of hydrogen-bond acceptors (Lipinski definition) is 4. The van der Waals surface area contributed by atoms with Gasteiger partial charge in [-0.15, -0.1) is 0 Å². The summed E-state index contributed by atoms with van der Waals surface area (Å²) in [4.78, 5) is 13.7. The molecule has 0 aliphatic heterocycles. The minimum absolute atomic E-state index is 0.0754. The van der Waals surface area contributed by atoms with Crippen LogP contribution in [0.4, 0.5) is 10.5 Å². The second-order valence-corrected chi connectivity index (χ2v) is 4.77. The molecule has 0 saturated carbocycles. The van der Waals surface area contributed by atoms with Crippen LogP contribution in [-0.4, -0.2) is 56.5 Å². The Kier molecular flexibility index (Phi) is 7.74. The first kappa shape index (κ1) is 17.4. The van der Waals surface area contributed by atoms with Crippen molar-refractivity contribution in [2.75, 3.05) is 45.8 Å². The van der Waals surface area contributed by atoms with Gasteiger partial charge in [0.2, 0.25) is 0 Å². The van der Waals surface area contributed by atoms with Crippen LogP contribution in [0, 0.1) is 0 Å². The zero-order valence-corrected chi connectivity index (χ0v) is 12.9. The molecule has 0 fully saturated rings. The first-order chi connectivity index (χ1) is 10.1. The molecule has 6 nitrogen and oxygen atoms in total. The molecule has 6 heteroatoms. The number of nitrogens with one attached hydrogen (secondary N) is 2. The summed E-state index contributed by atoms with van der Waals surface area (Å²) in [7, 11) is 3.47. The number of anilines is 1. The lowest BCUT2D eigenvalue weighted by Gasteiger charge is -2.22. The predicted octanol–water partition coefficient (Wildman–Crippen LogP) is 1.44. The third kappa shape index (κ3) is 5.71. The van der Waals surface area contributed by atoms with Crippen molar-refractivity contribution in [2.45, 2.75) is 13.0 Å². The molecule has 1 atom stereocenters. The first-order valence-corrected chi connectivity index (χ1v) is 7.05. The van der Waals surface area contributed by atoms with Crippen molar-refractivity contribution in [1.82, 2.24) is 10.2 Å². The maximum atomic E-state index is 12.2. The number of rotatable bonds is 8. The summed E-state index contributed by atoms with van der Waals surface area (Å²) in [6.45, 7) is 3.13. The smallest absolute Gasteiger partial charge is 0.321 e. The monoisotopic (exact) mass is 295 g/mol. The van der Waals surface area contributed by atoms with Crippen LogP contribution in [0.3, 0.4) is 0 Å². The summed E-state index contributed by atoms with van der Waals surface area (Å²) >= 11 is 0. The summed E-state index contributed by atoms with van der Waals surface area (Å²) in [5.41, 5.74) is 1.83. The molecule has 1 rings (SSSR count). The van der Waals surface area contributed by atoms with E-state index in [1.807, 2.05) is 31.3 Å². The molecule has 1 aromatic carbocycles. The van der Waals surface area contributed by atoms with Crippen molar-refractivity contribution in [3.8, 4) is 0 Å². The van der Waals surface area contributed by atoms with Gasteiger partial charge in [0.15, 0.2) is 0 Å². The second kappa shape index (κ2) is 9.33. The number of carbonyl (C=O) groups is 1. The Labute approximate surface area is 126 Å². The van der Waals surface area contributed by atoms with Gasteiger partial charge in [-0.1, -0.05) is 12.1 Å². The molecule has 3 N–H and O–H groups in total. The van der Waals surface area contributed by atoms with Crippen LogP contribution < -0.4 is 10.6 Å². The molecular weight excluding hydrogens is 270 g/mol. The van der Waals surface area contributed by atoms with E-state index in [0.717, 1.165) is 11.3 Å². The summed E-state index contributed by atoms with van der Waals surface area (Å²) in [6, 6.07) is 7.67. The second-order valence-electron chi connectivity index (χ2n) is 4.77. The Morgan fingerprint density at radius 1 is 1.43 bits per heavy atom. The van der Waals surface area contributed by atoms with E-state index in [9.17, 15) is 4.79 Å². The summed E-state index contributed by atoms with van der Waals surface area (Å²) < 4.78 is 4.97. The van der Waals surface area contributed by atoms with Crippen molar-refractivity contribution in [3.05, 3.63) is 29.8 Å². The van der Waals surface area contributed by atoms with Crippen LogP contribution in [0.5, 0.6) is 0 Å². The third-order valence-corrected chi connectivity index (χ3v) is 3.29. The molecule has 1 aromatic rings. The van der Waals surface area contributed by atoms with E-state index in [1.165, 1.54) is 4.90 Å². The van der Waals surface area contributed by atoms with E-state index in [1.54, 1.807) is 7.11 Å². The minimum atomic E-state index is -0.240. The molecule has 0 radical (unpaired) electrons. The molecule has 0 aliphatic carbocycles. The van der Waals surface area contributed by atoms with Crippen molar-refractivity contribution in [3.63, 3.8) is 0 Å². The number of ether oxygens (including phenoxy) is 1. The molecule has 118 valence electrons. The molecule has 1 unspecified atom stereocenters. The number of carbonyl (C=O) groups excluding carboxylic acids is 1. The minimum Gasteiger partial charge on any atom is -0.395 e. The van der Waals surface area contributed by atoms with Crippen LogP contribution in [0.2, 0.25) is 0 Å². The number of aliphatic hydroxyl groups is 1. The van der Waals surface area contributed by atoms with Crippen LogP contribution in [0.1, 0.15) is 18.5 Å². The van der Waals surface area contributed by atoms with Gasteiger partial charge in [-0.3, -0.25) is 0 Å².